The molecule has 6 nitrogen and oxygen atoms in total. The van der Waals surface area contributed by atoms with Crippen molar-refractivity contribution in [2.24, 2.45) is 10.7 Å². The van der Waals surface area contributed by atoms with Gasteiger partial charge in [0.05, 0.1) is 6.61 Å². The van der Waals surface area contributed by atoms with Gasteiger partial charge >= 0.3 is 5.92 Å². The second-order valence-electron chi connectivity index (χ2n) is 3.88. The van der Waals surface area contributed by atoms with Gasteiger partial charge in [0.25, 0.3) is 0 Å². The quantitative estimate of drug-likeness (QED) is 0.574. The van der Waals surface area contributed by atoms with E-state index in [2.05, 4.69) is 4.99 Å². The molecule has 2 heterocycles. The highest BCUT2D eigenvalue weighted by Crippen LogP contribution is 2.38. The van der Waals surface area contributed by atoms with Gasteiger partial charge in [0.2, 0.25) is 0 Å². The lowest BCUT2D eigenvalue weighted by Crippen LogP contribution is -2.48. The van der Waals surface area contributed by atoms with Crippen LogP contribution >= 0.6 is 0 Å². The van der Waals surface area contributed by atoms with E-state index in [0.717, 1.165) is 4.90 Å². The standard InChI is InChI=1S/C9H13F2N3O3/c10-9(11)7(16)5(3-15)17-8(9)14-2-1-6(12)13-4-14/h1-2,5,7-8,15-16H,3-4H2,(H2,12,13)/t5-,7-,8-/m1/s1. The number of hydrogen-bond acceptors (Lipinski definition) is 6. The maximum absolute atomic E-state index is 13.7. The monoisotopic (exact) mass is 249 g/mol. The normalized spacial score (nSPS) is 36.1. The first kappa shape index (κ1) is 12.2. The predicted octanol–water partition coefficient (Wildman–Crippen LogP) is -1.16. The van der Waals surface area contributed by atoms with Gasteiger partial charge in [-0.1, -0.05) is 0 Å². The summed E-state index contributed by atoms with van der Waals surface area (Å²) in [5.41, 5.74) is 5.36. The van der Waals surface area contributed by atoms with Crippen LogP contribution in [0.5, 0.6) is 0 Å². The molecule has 0 amide bonds. The SMILES string of the molecule is NC1=NCN([C@@H]2O[C@H](CO)[C@@H](O)C2(F)F)C=C1. The molecule has 3 atom stereocenters. The van der Waals surface area contributed by atoms with E-state index in [9.17, 15) is 13.9 Å². The molecule has 17 heavy (non-hydrogen) atoms. The van der Waals surface area contributed by atoms with Gasteiger partial charge in [0.15, 0.2) is 12.3 Å². The van der Waals surface area contributed by atoms with E-state index in [1.54, 1.807) is 0 Å². The molecule has 2 aliphatic heterocycles. The van der Waals surface area contributed by atoms with E-state index in [1.807, 2.05) is 0 Å². The van der Waals surface area contributed by atoms with Crippen molar-refractivity contribution >= 4 is 5.84 Å². The molecule has 0 bridgehead atoms. The van der Waals surface area contributed by atoms with Crippen LogP contribution in [0.3, 0.4) is 0 Å². The lowest BCUT2D eigenvalue weighted by atomic mass is 10.1. The molecule has 0 radical (unpaired) electrons. The third-order valence-corrected chi connectivity index (χ3v) is 2.71. The molecular weight excluding hydrogens is 236 g/mol. The molecule has 0 aromatic rings. The Morgan fingerprint density at radius 3 is 2.82 bits per heavy atom. The maximum Gasteiger partial charge on any atom is 0.319 e. The average molecular weight is 249 g/mol. The molecule has 1 saturated heterocycles. The lowest BCUT2D eigenvalue weighted by Gasteiger charge is -2.30. The Bertz CT molecular complexity index is 361. The number of nitrogens with two attached hydrogens (primary N) is 1. The molecule has 1 fully saturated rings. The molecule has 0 saturated carbocycles. The van der Waals surface area contributed by atoms with Crippen LogP contribution in [-0.2, 0) is 4.74 Å². The van der Waals surface area contributed by atoms with E-state index in [-0.39, 0.29) is 12.5 Å². The lowest BCUT2D eigenvalue weighted by molar-refractivity contribution is -0.155. The Balaban J connectivity index is 2.14. The zero-order chi connectivity index (χ0) is 12.6. The van der Waals surface area contributed by atoms with Crippen molar-refractivity contribution in [3.05, 3.63) is 12.3 Å². The molecule has 8 heteroatoms. The fourth-order valence-electron chi connectivity index (χ4n) is 1.75. The number of ether oxygens (including phenoxy) is 1. The fourth-order valence-corrected chi connectivity index (χ4v) is 1.75. The molecule has 0 aromatic heterocycles. The second kappa shape index (κ2) is 4.21. The van der Waals surface area contributed by atoms with Crippen LogP contribution in [0.2, 0.25) is 0 Å². The van der Waals surface area contributed by atoms with Crippen molar-refractivity contribution in [3.8, 4) is 0 Å². The van der Waals surface area contributed by atoms with Crippen LogP contribution in [0.1, 0.15) is 0 Å². The first-order chi connectivity index (χ1) is 7.96. The molecule has 96 valence electrons. The summed E-state index contributed by atoms with van der Waals surface area (Å²) in [6.07, 6.45) is -2.29. The summed E-state index contributed by atoms with van der Waals surface area (Å²) in [4.78, 5) is 4.89. The van der Waals surface area contributed by atoms with Gasteiger partial charge in [0.1, 0.15) is 18.6 Å². The van der Waals surface area contributed by atoms with Crippen LogP contribution in [0.25, 0.3) is 0 Å². The van der Waals surface area contributed by atoms with E-state index >= 15 is 0 Å². The van der Waals surface area contributed by atoms with Gasteiger partial charge in [-0.2, -0.15) is 8.78 Å². The van der Waals surface area contributed by atoms with Crippen LogP contribution in [0.4, 0.5) is 8.78 Å². The maximum atomic E-state index is 13.7. The van der Waals surface area contributed by atoms with Crippen molar-refractivity contribution in [2.75, 3.05) is 13.3 Å². The Labute approximate surface area is 96.0 Å². The Kier molecular flexibility index (Phi) is 3.02. The first-order valence-corrected chi connectivity index (χ1v) is 5.03. The topological polar surface area (TPSA) is 91.3 Å². The van der Waals surface area contributed by atoms with E-state index in [0.29, 0.717) is 0 Å². The van der Waals surface area contributed by atoms with Crippen molar-refractivity contribution in [3.63, 3.8) is 0 Å². The van der Waals surface area contributed by atoms with E-state index in [1.165, 1.54) is 12.3 Å². The number of aliphatic imine (C=N–C) groups is 1. The molecule has 0 unspecified atom stereocenters. The summed E-state index contributed by atoms with van der Waals surface area (Å²) in [5.74, 6) is -3.24. The minimum atomic E-state index is -3.47. The molecular formula is C9H13F2N3O3. The van der Waals surface area contributed by atoms with Crippen molar-refractivity contribution in [1.29, 1.82) is 0 Å². The number of aliphatic hydroxyl groups is 2. The van der Waals surface area contributed by atoms with E-state index < -0.39 is 31.0 Å². The van der Waals surface area contributed by atoms with E-state index in [4.69, 9.17) is 15.6 Å². The average Bonchev–Trinajstić information content (AvgIpc) is 2.53. The van der Waals surface area contributed by atoms with Gasteiger partial charge < -0.3 is 25.6 Å². The smallest absolute Gasteiger partial charge is 0.319 e. The molecule has 4 N–H and O–H groups in total. The number of alkyl halides is 2. The molecule has 2 aliphatic rings. The summed E-state index contributed by atoms with van der Waals surface area (Å²) in [5, 5.41) is 18.1. The zero-order valence-corrected chi connectivity index (χ0v) is 8.83. The minimum Gasteiger partial charge on any atom is -0.394 e. The van der Waals surface area contributed by atoms with Gasteiger partial charge in [-0.3, -0.25) is 0 Å². The number of nitrogens with zero attached hydrogens (tertiary/aromatic N) is 2. The fraction of sp³-hybridized carbons (Fsp3) is 0.667. The number of halogens is 2. The van der Waals surface area contributed by atoms with Crippen LogP contribution in [0.15, 0.2) is 17.3 Å². The summed E-state index contributed by atoms with van der Waals surface area (Å²) >= 11 is 0. The zero-order valence-electron chi connectivity index (χ0n) is 8.83. The van der Waals surface area contributed by atoms with Crippen LogP contribution in [0, 0.1) is 0 Å². The second-order valence-corrected chi connectivity index (χ2v) is 3.88. The highest BCUT2D eigenvalue weighted by atomic mass is 19.3. The van der Waals surface area contributed by atoms with Gasteiger partial charge in [-0.15, -0.1) is 0 Å². The van der Waals surface area contributed by atoms with Crippen molar-refractivity contribution in [1.82, 2.24) is 4.90 Å². The summed E-state index contributed by atoms with van der Waals surface area (Å²) < 4.78 is 32.3. The van der Waals surface area contributed by atoms with Crippen molar-refractivity contribution < 1.29 is 23.7 Å². The number of hydrogen-bond donors (Lipinski definition) is 3. The molecule has 0 spiro atoms. The largest absolute Gasteiger partial charge is 0.394 e. The number of rotatable bonds is 2. The van der Waals surface area contributed by atoms with Gasteiger partial charge in [-0.25, -0.2) is 4.99 Å². The summed E-state index contributed by atoms with van der Waals surface area (Å²) in [6.45, 7) is -0.746. The third kappa shape index (κ3) is 1.99. The van der Waals surface area contributed by atoms with Gasteiger partial charge in [0, 0.05) is 6.20 Å². The predicted molar refractivity (Wildman–Crippen MR) is 54.2 cm³/mol. The van der Waals surface area contributed by atoms with Crippen LogP contribution in [-0.4, -0.2) is 58.6 Å². The van der Waals surface area contributed by atoms with Crippen LogP contribution < -0.4 is 5.73 Å². The van der Waals surface area contributed by atoms with Crippen molar-refractivity contribution in [2.45, 2.75) is 24.4 Å². The summed E-state index contributed by atoms with van der Waals surface area (Å²) in [6, 6.07) is 0. The Hall–Kier alpha value is -1.25. The summed E-state index contributed by atoms with van der Waals surface area (Å²) in [7, 11) is 0. The highest BCUT2D eigenvalue weighted by molar-refractivity contribution is 5.91. The minimum absolute atomic E-state index is 0.0759. The molecule has 0 aliphatic carbocycles. The highest BCUT2D eigenvalue weighted by Gasteiger charge is 2.60. The third-order valence-electron chi connectivity index (χ3n) is 2.71. The molecule has 0 aromatic carbocycles. The van der Waals surface area contributed by atoms with Gasteiger partial charge in [-0.05, 0) is 6.08 Å². The molecule has 2 rings (SSSR count). The number of amidine groups is 1. The Morgan fingerprint density at radius 2 is 2.35 bits per heavy atom. The number of aliphatic hydroxyl groups excluding tert-OH is 2. The Morgan fingerprint density at radius 1 is 1.65 bits per heavy atom. The first-order valence-electron chi connectivity index (χ1n) is 5.03.